The number of ether oxygens (including phenoxy) is 1. The van der Waals surface area contributed by atoms with Crippen molar-refractivity contribution in [3.8, 4) is 17.1 Å². The van der Waals surface area contributed by atoms with Gasteiger partial charge in [-0.05, 0) is 18.2 Å². The van der Waals surface area contributed by atoms with Crippen LogP contribution in [0.2, 0.25) is 0 Å². The highest BCUT2D eigenvalue weighted by Gasteiger charge is 2.21. The van der Waals surface area contributed by atoms with Gasteiger partial charge in [-0.2, -0.15) is 0 Å². The monoisotopic (exact) mass is 327 g/mol. The van der Waals surface area contributed by atoms with Crippen LogP contribution in [0.5, 0.6) is 5.75 Å². The van der Waals surface area contributed by atoms with Gasteiger partial charge in [-0.1, -0.05) is 20.8 Å². The maximum absolute atomic E-state index is 11.3. The molecular formula is C17H21N5O2. The number of amides is 1. The Kier molecular flexibility index (Phi) is 3.79. The average Bonchev–Trinajstić information content (AvgIpc) is 3.06. The third-order valence-electron chi connectivity index (χ3n) is 3.76. The average molecular weight is 327 g/mol. The summed E-state index contributed by atoms with van der Waals surface area (Å²) in [4.78, 5) is 11.3. The predicted molar refractivity (Wildman–Crippen MR) is 92.3 cm³/mol. The van der Waals surface area contributed by atoms with E-state index in [1.54, 1.807) is 19.2 Å². The molecule has 2 N–H and O–H groups in total. The lowest BCUT2D eigenvalue weighted by Gasteiger charge is -2.15. The number of carbonyl (C=O) groups is 1. The van der Waals surface area contributed by atoms with E-state index in [1.807, 2.05) is 16.6 Å². The normalized spacial score (nSPS) is 11.7. The van der Waals surface area contributed by atoms with Crippen molar-refractivity contribution in [3.63, 3.8) is 0 Å². The molecule has 3 rings (SSSR count). The quantitative estimate of drug-likeness (QED) is 0.774. The lowest BCUT2D eigenvalue weighted by atomic mass is 9.93. The first-order valence-corrected chi connectivity index (χ1v) is 7.70. The van der Waals surface area contributed by atoms with Crippen LogP contribution in [0.4, 0.5) is 5.69 Å². The standard InChI is InChI=1S/C17H21N5O2/c1-10(23)18-11-6-7-13(24-5)12(8-11)16-20-19-15-9-14(17(2,3)4)21-22(15)16/h6-9,21H,1-5H3,(H,18,23). The SMILES string of the molecule is COc1ccc(NC(C)=O)cc1-c1nnc2cc(C(C)(C)C)[nH]n12. The number of aromatic nitrogens is 4. The first kappa shape index (κ1) is 16.0. The molecule has 0 fully saturated rings. The highest BCUT2D eigenvalue weighted by Crippen LogP contribution is 2.32. The molecule has 0 saturated carbocycles. The Morgan fingerprint density at radius 2 is 2.00 bits per heavy atom. The topological polar surface area (TPSA) is 84.3 Å². The van der Waals surface area contributed by atoms with E-state index in [2.05, 4.69) is 41.4 Å². The van der Waals surface area contributed by atoms with E-state index >= 15 is 0 Å². The van der Waals surface area contributed by atoms with Crippen molar-refractivity contribution >= 4 is 17.2 Å². The van der Waals surface area contributed by atoms with Gasteiger partial charge in [0.2, 0.25) is 5.91 Å². The van der Waals surface area contributed by atoms with Crippen molar-refractivity contribution in [3.05, 3.63) is 30.0 Å². The molecule has 2 aromatic heterocycles. The molecule has 0 radical (unpaired) electrons. The van der Waals surface area contributed by atoms with Gasteiger partial charge in [0.05, 0.1) is 12.7 Å². The molecule has 7 nitrogen and oxygen atoms in total. The van der Waals surface area contributed by atoms with Gasteiger partial charge in [0.15, 0.2) is 11.5 Å². The minimum absolute atomic E-state index is 0.0277. The summed E-state index contributed by atoms with van der Waals surface area (Å²) >= 11 is 0. The summed E-state index contributed by atoms with van der Waals surface area (Å²) in [5, 5.41) is 14.6. The van der Waals surface area contributed by atoms with Crippen LogP contribution < -0.4 is 10.1 Å². The molecule has 0 aliphatic carbocycles. The van der Waals surface area contributed by atoms with Crippen LogP contribution in [0.15, 0.2) is 24.3 Å². The third-order valence-corrected chi connectivity index (χ3v) is 3.76. The van der Waals surface area contributed by atoms with Crippen LogP contribution in [0.3, 0.4) is 0 Å². The van der Waals surface area contributed by atoms with Gasteiger partial charge in [0.1, 0.15) is 5.75 Å². The summed E-state index contributed by atoms with van der Waals surface area (Å²) in [6.45, 7) is 7.86. The van der Waals surface area contributed by atoms with Crippen LogP contribution in [0, 0.1) is 0 Å². The van der Waals surface area contributed by atoms with Crippen LogP contribution in [-0.4, -0.2) is 32.8 Å². The van der Waals surface area contributed by atoms with Crippen molar-refractivity contribution in [1.29, 1.82) is 0 Å². The Hall–Kier alpha value is -2.83. The van der Waals surface area contributed by atoms with Crippen LogP contribution in [0.25, 0.3) is 17.0 Å². The summed E-state index contributed by atoms with van der Waals surface area (Å²) in [5.41, 5.74) is 3.20. The fourth-order valence-corrected chi connectivity index (χ4v) is 2.50. The number of hydrogen-bond acceptors (Lipinski definition) is 4. The Balaban J connectivity index is 2.15. The van der Waals surface area contributed by atoms with Gasteiger partial charge in [-0.15, -0.1) is 10.2 Å². The van der Waals surface area contributed by atoms with E-state index in [9.17, 15) is 4.79 Å². The molecule has 0 aliphatic rings. The molecule has 24 heavy (non-hydrogen) atoms. The van der Waals surface area contributed by atoms with Gasteiger partial charge in [-0.3, -0.25) is 9.89 Å². The Morgan fingerprint density at radius 1 is 1.25 bits per heavy atom. The zero-order chi connectivity index (χ0) is 17.5. The number of carbonyl (C=O) groups excluding carboxylic acids is 1. The van der Waals surface area contributed by atoms with Crippen molar-refractivity contribution in [1.82, 2.24) is 19.8 Å². The van der Waals surface area contributed by atoms with Crippen molar-refractivity contribution in [2.24, 2.45) is 0 Å². The Labute approximate surface area is 140 Å². The van der Waals surface area contributed by atoms with Gasteiger partial charge in [-0.25, -0.2) is 4.52 Å². The second-order valence-corrected chi connectivity index (χ2v) is 6.73. The number of H-pyrrole nitrogens is 1. The molecule has 0 bridgehead atoms. The second kappa shape index (κ2) is 5.67. The first-order valence-electron chi connectivity index (χ1n) is 7.70. The van der Waals surface area contributed by atoms with E-state index < -0.39 is 0 Å². The summed E-state index contributed by atoms with van der Waals surface area (Å²) in [5.74, 6) is 1.15. The molecule has 0 saturated heterocycles. The molecule has 2 heterocycles. The molecule has 0 atom stereocenters. The smallest absolute Gasteiger partial charge is 0.221 e. The number of nitrogens with one attached hydrogen (secondary N) is 2. The minimum Gasteiger partial charge on any atom is -0.496 e. The highest BCUT2D eigenvalue weighted by atomic mass is 16.5. The van der Waals surface area contributed by atoms with Crippen LogP contribution in [0.1, 0.15) is 33.4 Å². The molecule has 0 spiro atoms. The van der Waals surface area contributed by atoms with E-state index in [0.717, 1.165) is 16.9 Å². The summed E-state index contributed by atoms with van der Waals surface area (Å²) in [6, 6.07) is 7.40. The third kappa shape index (κ3) is 2.84. The molecule has 7 heteroatoms. The number of fused-ring (bicyclic) bond motifs is 1. The lowest BCUT2D eigenvalue weighted by molar-refractivity contribution is -0.114. The van der Waals surface area contributed by atoms with Gasteiger partial charge in [0, 0.05) is 29.8 Å². The minimum atomic E-state index is -0.132. The summed E-state index contributed by atoms with van der Waals surface area (Å²) in [6.07, 6.45) is 0. The molecule has 1 amide bonds. The number of benzene rings is 1. The zero-order valence-corrected chi connectivity index (χ0v) is 14.5. The van der Waals surface area contributed by atoms with E-state index in [4.69, 9.17) is 4.74 Å². The molecule has 126 valence electrons. The fourth-order valence-electron chi connectivity index (χ4n) is 2.50. The number of hydrogen-bond donors (Lipinski definition) is 2. The Bertz CT molecular complexity index is 901. The van der Waals surface area contributed by atoms with E-state index in [0.29, 0.717) is 17.3 Å². The van der Waals surface area contributed by atoms with Crippen LogP contribution >= 0.6 is 0 Å². The number of nitrogens with zero attached hydrogens (tertiary/aromatic N) is 3. The first-order chi connectivity index (χ1) is 11.3. The summed E-state index contributed by atoms with van der Waals surface area (Å²) in [7, 11) is 1.60. The van der Waals surface area contributed by atoms with Gasteiger partial charge < -0.3 is 10.1 Å². The fraction of sp³-hybridized carbons (Fsp3) is 0.353. The van der Waals surface area contributed by atoms with Crippen molar-refractivity contribution in [2.45, 2.75) is 33.1 Å². The number of methoxy groups -OCH3 is 1. The van der Waals surface area contributed by atoms with Crippen molar-refractivity contribution in [2.75, 3.05) is 12.4 Å². The maximum atomic E-state index is 11.3. The molecular weight excluding hydrogens is 306 g/mol. The van der Waals surface area contributed by atoms with Crippen LogP contribution in [-0.2, 0) is 10.2 Å². The van der Waals surface area contributed by atoms with Gasteiger partial charge in [0.25, 0.3) is 0 Å². The molecule has 3 aromatic rings. The highest BCUT2D eigenvalue weighted by molar-refractivity contribution is 5.90. The number of anilines is 1. The Morgan fingerprint density at radius 3 is 2.62 bits per heavy atom. The number of aromatic amines is 1. The van der Waals surface area contributed by atoms with E-state index in [1.165, 1.54) is 6.92 Å². The van der Waals surface area contributed by atoms with E-state index in [-0.39, 0.29) is 11.3 Å². The molecule has 1 aromatic carbocycles. The lowest BCUT2D eigenvalue weighted by Crippen LogP contribution is -2.12. The molecule has 0 aliphatic heterocycles. The largest absolute Gasteiger partial charge is 0.496 e. The predicted octanol–water partition coefficient (Wildman–Crippen LogP) is 2.99. The number of rotatable bonds is 3. The maximum Gasteiger partial charge on any atom is 0.221 e. The summed E-state index contributed by atoms with van der Waals surface area (Å²) < 4.78 is 7.27. The van der Waals surface area contributed by atoms with Crippen molar-refractivity contribution < 1.29 is 9.53 Å². The zero-order valence-electron chi connectivity index (χ0n) is 14.5. The van der Waals surface area contributed by atoms with Gasteiger partial charge >= 0.3 is 0 Å². The second-order valence-electron chi connectivity index (χ2n) is 6.73. The molecule has 0 unspecified atom stereocenters.